The van der Waals surface area contributed by atoms with Crippen molar-refractivity contribution in [3.05, 3.63) is 0 Å². The van der Waals surface area contributed by atoms with E-state index < -0.39 is 0 Å². The Morgan fingerprint density at radius 3 is 0.0820 bits per heavy atom. The van der Waals surface area contributed by atoms with Crippen LogP contribution in [0.2, 0.25) is 0 Å². The average Bonchev–Trinajstić information content (AvgIpc) is 0. The van der Waals surface area contributed by atoms with Crippen molar-refractivity contribution in [1.29, 1.82) is 0 Å². The van der Waals surface area contributed by atoms with E-state index in [2.05, 4.69) is 0 Å². The summed E-state index contributed by atoms with van der Waals surface area (Å²) in [6.45, 7) is 0. The Hall–Kier alpha value is 18.2. The summed E-state index contributed by atoms with van der Waals surface area (Å²) < 4.78 is 0. The van der Waals surface area contributed by atoms with E-state index in [4.69, 9.17) is 0 Å². The van der Waals surface area contributed by atoms with Gasteiger partial charge in [0.05, 0.1) is 0 Å². The fraction of sp³-hybridized carbons (Fsp3) is 0. The molecule has 41 nitrogen and oxygen atoms in total. The van der Waals surface area contributed by atoms with Crippen LogP contribution in [-0.4, -0.2) is 619 Å². The Kier molecular flexibility index (Phi) is 33700. The van der Waals surface area contributed by atoms with Crippen LogP contribution in [0.15, 0.2) is 0 Å². The quantitative estimate of drug-likeness (QED) is 0.161. The molecule has 1 unspecified atom stereocenters. The van der Waals surface area contributed by atoms with E-state index in [-0.39, 0.29) is 840 Å². The third-order valence-electron chi connectivity index (χ3n) is 0. The fourth-order valence-corrected chi connectivity index (χ4v) is 0. The molecule has 0 aliphatic rings. The summed E-state index contributed by atoms with van der Waals surface area (Å²) in [6.07, 6.45) is 0. The molecular weight excluding hydrogens is 2940 g/mol. The van der Waals surface area contributed by atoms with Crippen LogP contribution < -0.4 is 0 Å². The maximum atomic E-state index is 0. The van der Waals surface area contributed by atoms with Gasteiger partial charge in [-0.05, 0) is 0 Å². The molecule has 0 saturated heterocycles. The van der Waals surface area contributed by atoms with Gasteiger partial charge >= 0.3 is 0 Å². The van der Waals surface area contributed by atoms with Crippen LogP contribution in [0.1, 0.15) is 0 Å². The standard InChI is InChI=1S/2Ge.7K.41H2O.H3P.10W/h;;;;;;;;;41*1H2;1H3;;;;;;;;;;. The first-order chi connectivity index (χ1) is 0. The third-order valence-corrected chi connectivity index (χ3v) is 0. The summed E-state index contributed by atoms with van der Waals surface area (Å²) in [5.74, 6) is 0. The molecule has 0 saturated carbocycles. The van der Waals surface area contributed by atoms with Crippen molar-refractivity contribution in [3.8, 4) is 0 Å². The second-order valence-electron chi connectivity index (χ2n) is 0. The summed E-state index contributed by atoms with van der Waals surface area (Å²) in [5, 5.41) is 0. The molecule has 61 heavy (non-hydrogen) atoms. The molecule has 0 amide bonds. The van der Waals surface area contributed by atoms with Gasteiger partial charge in [-0.15, -0.1) is 0 Å². The molecule has 0 aromatic rings. The monoisotopic (exact) mass is 3030 g/mol. The van der Waals surface area contributed by atoms with E-state index in [0.717, 1.165) is 0 Å². The number of hydrogen-bond donors (Lipinski definition) is 0. The zero-order valence-corrected chi connectivity index (χ0v) is 90.1. The minimum Gasteiger partial charge on any atom is -0.412 e. The van der Waals surface area contributed by atoms with E-state index >= 15 is 0 Å². The number of rotatable bonds is 0. The first-order valence-electron chi connectivity index (χ1n) is 0. The Morgan fingerprint density at radius 2 is 0.0820 bits per heavy atom. The predicted octanol–water partition coefficient (Wildman–Crippen LogP) is -37.2. The Labute approximate surface area is 816 Å². The normalized spacial score (nSPS) is 0. The molecule has 82 N–H and O–H groups in total. The molecule has 411 valence electrons. The van der Waals surface area contributed by atoms with Gasteiger partial charge in [-0.3, -0.25) is 0 Å². The minimum atomic E-state index is 0. The molecule has 0 rings (SSSR count). The van der Waals surface area contributed by atoms with Gasteiger partial charge in [0.2, 0.25) is 0 Å². The van der Waals surface area contributed by atoms with Crippen molar-refractivity contribution in [2.75, 3.05) is 0 Å². The minimum absolute atomic E-state index is 0. The average molecular weight is 3030 g/mol. The zero-order chi connectivity index (χ0) is 0. The van der Waals surface area contributed by atoms with Crippen LogP contribution in [0.25, 0.3) is 0 Å². The molecule has 0 spiro atoms. The van der Waals surface area contributed by atoms with Crippen molar-refractivity contribution < 1.29 is 435 Å². The van der Waals surface area contributed by atoms with Gasteiger partial charge in [-0.1, -0.05) is 0 Å². The third kappa shape index (κ3) is 1370. The molecule has 0 aliphatic carbocycles. The van der Waals surface area contributed by atoms with Gasteiger partial charge in [0.1, 0.15) is 0 Å². The first-order valence-corrected chi connectivity index (χ1v) is 0. The van der Waals surface area contributed by atoms with Crippen LogP contribution in [0.4, 0.5) is 0 Å². The van der Waals surface area contributed by atoms with Crippen molar-refractivity contribution in [2.24, 2.45) is 0 Å². The largest absolute Gasteiger partial charge is 0.412 e. The summed E-state index contributed by atoms with van der Waals surface area (Å²) in [7, 11) is 0. The smallest absolute Gasteiger partial charge is 0 e. The molecule has 0 fully saturated rings. The molecule has 0 aromatic carbocycles. The fourth-order valence-electron chi connectivity index (χ4n) is 0. The summed E-state index contributed by atoms with van der Waals surface area (Å²) in [6, 6.07) is 0. The van der Waals surface area contributed by atoms with Gasteiger partial charge in [0.25, 0.3) is 0 Å². The van der Waals surface area contributed by atoms with Gasteiger partial charge < -0.3 is 225 Å². The van der Waals surface area contributed by atoms with Crippen LogP contribution in [-0.2, 0) is 211 Å². The second-order valence-corrected chi connectivity index (χ2v) is 0. The Morgan fingerprint density at radius 1 is 0.0820 bits per heavy atom. The van der Waals surface area contributed by atoms with Gasteiger partial charge in [-0.2, -0.15) is 9.90 Å². The van der Waals surface area contributed by atoms with E-state index in [1.165, 1.54) is 0 Å². The molecular formula is H85Ge2K7O41PW10. The molecule has 61 heteroatoms. The van der Waals surface area contributed by atoms with E-state index in [0.29, 0.717) is 0 Å². The molecule has 15 radical (unpaired) electrons. The van der Waals surface area contributed by atoms with Gasteiger partial charge in [-0.25, -0.2) is 0 Å². The molecule has 0 aliphatic heterocycles. The van der Waals surface area contributed by atoms with Crippen LogP contribution in [0, 0.1) is 0 Å². The molecule has 0 aromatic heterocycles. The van der Waals surface area contributed by atoms with Crippen molar-refractivity contribution in [1.82, 2.24) is 0 Å². The van der Waals surface area contributed by atoms with Crippen LogP contribution >= 0.6 is 9.90 Å². The summed E-state index contributed by atoms with van der Waals surface area (Å²) in [5.41, 5.74) is 0. The summed E-state index contributed by atoms with van der Waals surface area (Å²) in [4.78, 5) is 0. The predicted molar refractivity (Wildman–Crippen MR) is 211 cm³/mol. The van der Waals surface area contributed by atoms with Crippen molar-refractivity contribution >= 4 is 405 Å². The van der Waals surface area contributed by atoms with Crippen molar-refractivity contribution in [3.63, 3.8) is 0 Å². The Bertz CT molecular complexity index is 87.2. The van der Waals surface area contributed by atoms with E-state index in [1.807, 2.05) is 0 Å². The van der Waals surface area contributed by atoms with E-state index in [9.17, 15) is 0 Å². The van der Waals surface area contributed by atoms with Gasteiger partial charge in [0.15, 0.2) is 0 Å². The number of hydrogen-bond acceptors (Lipinski definition) is 0. The maximum Gasteiger partial charge on any atom is 0 e. The van der Waals surface area contributed by atoms with Crippen LogP contribution in [0.3, 0.4) is 0 Å². The topological polar surface area (TPSA) is 1290 Å². The van der Waals surface area contributed by atoms with Gasteiger partial charge in [0, 0.05) is 606 Å². The zero-order valence-electron chi connectivity index (χ0n) is 33.3. The van der Waals surface area contributed by atoms with E-state index in [1.54, 1.807) is 0 Å². The molecule has 0 heterocycles. The molecule has 1 atom stereocenters. The van der Waals surface area contributed by atoms with Crippen LogP contribution in [0.5, 0.6) is 0 Å². The summed E-state index contributed by atoms with van der Waals surface area (Å²) >= 11 is 0. The van der Waals surface area contributed by atoms with Crippen molar-refractivity contribution in [2.45, 2.75) is 0 Å². The maximum absolute atomic E-state index is 0. The first kappa shape index (κ1) is 1460. The second kappa shape index (κ2) is 1410. The SMILES string of the molecule is O.O.O.O.O.O.O.O.O.O.O.O.O.O.O.O.O.O.O.O.O.O.O.O.O.O.O.O.O.O.O.O.O.O.O.O.O.O.O.O.O.P.[Ge].[Ge].[K].[K].[K].[K].[K].[K].[K].[W].[W].[W].[W].[W].[W].[W].[W].[W].[W]. The Balaban J connectivity index is 0. The molecule has 0 bridgehead atoms.